The Morgan fingerprint density at radius 2 is 2.11 bits per heavy atom. The van der Waals surface area contributed by atoms with Crippen LogP contribution in [0.15, 0.2) is 22.7 Å². The van der Waals surface area contributed by atoms with Crippen molar-refractivity contribution >= 4 is 21.8 Å². The highest BCUT2D eigenvalue weighted by molar-refractivity contribution is 9.10. The van der Waals surface area contributed by atoms with E-state index in [1.54, 1.807) is 0 Å². The minimum Gasteiger partial charge on any atom is -0.341 e. The second-order valence-electron chi connectivity index (χ2n) is 5.34. The van der Waals surface area contributed by atoms with Gasteiger partial charge in [-0.1, -0.05) is 15.9 Å². The number of hydrogen-bond acceptors (Lipinski definition) is 2. The third-order valence-electron chi connectivity index (χ3n) is 3.76. The molecule has 0 bridgehead atoms. The molecule has 0 radical (unpaired) electrons. The van der Waals surface area contributed by atoms with E-state index in [1.807, 2.05) is 37.1 Å². The van der Waals surface area contributed by atoms with Gasteiger partial charge in [-0.15, -0.1) is 0 Å². The van der Waals surface area contributed by atoms with E-state index < -0.39 is 0 Å². The monoisotopic (exact) mass is 324 g/mol. The number of amides is 1. The lowest BCUT2D eigenvalue weighted by molar-refractivity contribution is 0.0762. The van der Waals surface area contributed by atoms with E-state index in [-0.39, 0.29) is 5.91 Å². The molecular formula is C15H21BrN2O. The molecule has 4 heteroatoms. The average molecular weight is 325 g/mol. The first-order chi connectivity index (χ1) is 9.08. The van der Waals surface area contributed by atoms with E-state index in [0.29, 0.717) is 5.92 Å². The van der Waals surface area contributed by atoms with Crippen LogP contribution in [0.5, 0.6) is 0 Å². The van der Waals surface area contributed by atoms with E-state index in [1.165, 1.54) is 0 Å². The summed E-state index contributed by atoms with van der Waals surface area (Å²) in [6, 6.07) is 5.82. The van der Waals surface area contributed by atoms with E-state index in [4.69, 9.17) is 0 Å². The maximum absolute atomic E-state index is 12.4. The maximum atomic E-state index is 12.4. The minimum atomic E-state index is 0.128. The Balaban J connectivity index is 2.01. The summed E-state index contributed by atoms with van der Waals surface area (Å²) in [4.78, 5) is 14.3. The van der Waals surface area contributed by atoms with Gasteiger partial charge in [-0.05, 0) is 62.5 Å². The van der Waals surface area contributed by atoms with E-state index in [9.17, 15) is 4.79 Å². The molecule has 0 atom stereocenters. The van der Waals surface area contributed by atoms with Crippen LogP contribution < -0.4 is 5.32 Å². The smallest absolute Gasteiger partial charge is 0.253 e. The minimum absolute atomic E-state index is 0.128. The first kappa shape index (κ1) is 14.5. The molecule has 1 saturated heterocycles. The van der Waals surface area contributed by atoms with Crippen LogP contribution in [0, 0.1) is 12.8 Å². The molecular weight excluding hydrogens is 304 g/mol. The number of rotatable bonds is 3. The third-order valence-corrected chi connectivity index (χ3v) is 4.25. The molecule has 1 heterocycles. The van der Waals surface area contributed by atoms with E-state index in [2.05, 4.69) is 21.2 Å². The van der Waals surface area contributed by atoms with E-state index >= 15 is 0 Å². The van der Waals surface area contributed by atoms with Crippen LogP contribution >= 0.6 is 15.9 Å². The van der Waals surface area contributed by atoms with Crippen molar-refractivity contribution in [1.82, 2.24) is 10.2 Å². The lowest BCUT2D eigenvalue weighted by atomic mass is 9.97. The fraction of sp³-hybridized carbons (Fsp3) is 0.533. The van der Waals surface area contributed by atoms with Crippen molar-refractivity contribution in [2.75, 3.05) is 26.7 Å². The normalized spacial score (nSPS) is 16.4. The molecule has 1 aliphatic heterocycles. The molecule has 1 fully saturated rings. The molecule has 1 aliphatic rings. The number of aryl methyl sites for hydroxylation is 1. The van der Waals surface area contributed by atoms with Gasteiger partial charge >= 0.3 is 0 Å². The predicted molar refractivity (Wildman–Crippen MR) is 81.4 cm³/mol. The summed E-state index contributed by atoms with van der Waals surface area (Å²) >= 11 is 3.43. The van der Waals surface area contributed by atoms with Gasteiger partial charge in [0.15, 0.2) is 0 Å². The molecule has 0 saturated carbocycles. The zero-order chi connectivity index (χ0) is 13.8. The summed E-state index contributed by atoms with van der Waals surface area (Å²) in [6.07, 6.45) is 2.33. The molecule has 3 nitrogen and oxygen atoms in total. The van der Waals surface area contributed by atoms with Gasteiger partial charge < -0.3 is 10.2 Å². The Labute approximate surface area is 123 Å². The summed E-state index contributed by atoms with van der Waals surface area (Å²) < 4.78 is 1.02. The number of carbonyl (C=O) groups excluding carboxylic acids is 1. The lowest BCUT2D eigenvalue weighted by Crippen LogP contribution is -2.37. The predicted octanol–water partition coefficient (Wildman–Crippen LogP) is 2.83. The summed E-state index contributed by atoms with van der Waals surface area (Å²) in [6.45, 7) is 4.99. The third kappa shape index (κ3) is 3.80. The molecule has 1 N–H and O–H groups in total. The van der Waals surface area contributed by atoms with Crippen LogP contribution in [0.2, 0.25) is 0 Å². The molecule has 2 rings (SSSR count). The highest BCUT2D eigenvalue weighted by Gasteiger charge is 2.19. The van der Waals surface area contributed by atoms with Crippen LogP contribution in [0.1, 0.15) is 28.8 Å². The Bertz CT molecular complexity index is 455. The molecule has 0 aliphatic carbocycles. The average Bonchev–Trinajstić information content (AvgIpc) is 2.39. The Morgan fingerprint density at radius 3 is 2.74 bits per heavy atom. The molecule has 0 spiro atoms. The van der Waals surface area contributed by atoms with Crippen molar-refractivity contribution in [2.45, 2.75) is 19.8 Å². The van der Waals surface area contributed by atoms with Crippen LogP contribution in [0.4, 0.5) is 0 Å². The topological polar surface area (TPSA) is 32.3 Å². The molecule has 0 unspecified atom stereocenters. The van der Waals surface area contributed by atoms with E-state index in [0.717, 1.165) is 48.1 Å². The highest BCUT2D eigenvalue weighted by Crippen LogP contribution is 2.19. The van der Waals surface area contributed by atoms with Crippen molar-refractivity contribution in [3.8, 4) is 0 Å². The first-order valence-corrected chi connectivity index (χ1v) is 7.59. The number of benzene rings is 1. The summed E-state index contributed by atoms with van der Waals surface area (Å²) in [7, 11) is 1.91. The Kier molecular flexibility index (Phi) is 4.99. The Hall–Kier alpha value is -0.870. The summed E-state index contributed by atoms with van der Waals surface area (Å²) in [5.41, 5.74) is 1.83. The number of piperidine rings is 1. The van der Waals surface area contributed by atoms with Gasteiger partial charge in [0.1, 0.15) is 0 Å². The van der Waals surface area contributed by atoms with Crippen LogP contribution in [0.3, 0.4) is 0 Å². The number of hydrogen-bond donors (Lipinski definition) is 1. The van der Waals surface area contributed by atoms with Crippen molar-refractivity contribution < 1.29 is 4.79 Å². The second-order valence-corrected chi connectivity index (χ2v) is 6.25. The van der Waals surface area contributed by atoms with Gasteiger partial charge in [-0.2, -0.15) is 0 Å². The quantitative estimate of drug-likeness (QED) is 0.927. The molecule has 1 aromatic carbocycles. The van der Waals surface area contributed by atoms with Gasteiger partial charge in [0.2, 0.25) is 0 Å². The fourth-order valence-corrected chi connectivity index (χ4v) is 3.08. The molecule has 1 amide bonds. The number of nitrogens with zero attached hydrogens (tertiary/aromatic N) is 1. The summed E-state index contributed by atoms with van der Waals surface area (Å²) in [5.74, 6) is 0.759. The van der Waals surface area contributed by atoms with Crippen LogP contribution in [-0.2, 0) is 0 Å². The van der Waals surface area contributed by atoms with Crippen LogP contribution in [-0.4, -0.2) is 37.5 Å². The number of carbonyl (C=O) groups is 1. The molecule has 104 valence electrons. The molecule has 0 aromatic heterocycles. The maximum Gasteiger partial charge on any atom is 0.253 e. The van der Waals surface area contributed by atoms with Crippen molar-refractivity contribution in [1.29, 1.82) is 0 Å². The van der Waals surface area contributed by atoms with Crippen molar-refractivity contribution in [3.63, 3.8) is 0 Å². The highest BCUT2D eigenvalue weighted by atomic mass is 79.9. The molecule has 19 heavy (non-hydrogen) atoms. The van der Waals surface area contributed by atoms with Crippen molar-refractivity contribution in [2.24, 2.45) is 5.92 Å². The van der Waals surface area contributed by atoms with Gasteiger partial charge in [0.25, 0.3) is 5.91 Å². The van der Waals surface area contributed by atoms with Crippen molar-refractivity contribution in [3.05, 3.63) is 33.8 Å². The zero-order valence-electron chi connectivity index (χ0n) is 11.6. The summed E-state index contributed by atoms with van der Waals surface area (Å²) in [5, 5.41) is 3.36. The van der Waals surface area contributed by atoms with Gasteiger partial charge in [-0.3, -0.25) is 4.79 Å². The van der Waals surface area contributed by atoms with Gasteiger partial charge in [-0.25, -0.2) is 0 Å². The van der Waals surface area contributed by atoms with Gasteiger partial charge in [0, 0.05) is 23.6 Å². The van der Waals surface area contributed by atoms with Gasteiger partial charge in [0.05, 0.1) is 0 Å². The zero-order valence-corrected chi connectivity index (χ0v) is 13.2. The first-order valence-electron chi connectivity index (χ1n) is 6.80. The second kappa shape index (κ2) is 6.53. The largest absolute Gasteiger partial charge is 0.341 e. The lowest BCUT2D eigenvalue weighted by Gasteiger charge is -2.28. The fourth-order valence-electron chi connectivity index (χ4n) is 2.61. The number of nitrogens with one attached hydrogen (secondary N) is 1. The SMILES string of the molecule is Cc1cc(Br)ccc1C(=O)N(C)CC1CCNCC1. The molecule has 1 aromatic rings. The Morgan fingerprint density at radius 1 is 1.42 bits per heavy atom. The standard InChI is InChI=1S/C15H21BrN2O/c1-11-9-13(16)3-4-14(11)15(19)18(2)10-12-5-7-17-8-6-12/h3-4,9,12,17H,5-8,10H2,1-2H3. The number of halogens is 1. The van der Waals surface area contributed by atoms with Crippen LogP contribution in [0.25, 0.3) is 0 Å².